The van der Waals surface area contributed by atoms with Crippen molar-refractivity contribution in [2.45, 2.75) is 26.3 Å². The highest BCUT2D eigenvalue weighted by atomic mass is 35.5. The van der Waals surface area contributed by atoms with E-state index in [9.17, 15) is 4.39 Å². The van der Waals surface area contributed by atoms with Crippen LogP contribution in [0.4, 0.5) is 4.39 Å². The van der Waals surface area contributed by atoms with E-state index in [-0.39, 0.29) is 11.1 Å². The van der Waals surface area contributed by atoms with Crippen molar-refractivity contribution in [3.8, 4) is 0 Å². The smallest absolute Gasteiger partial charge is 0.142 e. The quantitative estimate of drug-likeness (QED) is 0.896. The maximum Gasteiger partial charge on any atom is 0.142 e. The largest absolute Gasteiger partial charge is 0.310 e. The number of aromatic nitrogens is 2. The molecule has 0 saturated heterocycles. The standard InChI is InChI=1S/C15H18Cl2FN3/c1-4-19-14(10-5-6-12(16)13(18)7-10)8-11-9(2)20-21(3)15(11)17/h5-7,14,19H,4,8H2,1-3H3. The Kier molecular flexibility index (Phi) is 5.25. The minimum Gasteiger partial charge on any atom is -0.310 e. The van der Waals surface area contributed by atoms with Crippen LogP contribution in [0.3, 0.4) is 0 Å². The summed E-state index contributed by atoms with van der Waals surface area (Å²) in [5.41, 5.74) is 2.71. The molecule has 0 radical (unpaired) electrons. The summed E-state index contributed by atoms with van der Waals surface area (Å²) in [6.07, 6.45) is 0.646. The van der Waals surface area contributed by atoms with Crippen LogP contribution < -0.4 is 5.32 Å². The molecule has 0 aliphatic heterocycles. The fraction of sp³-hybridized carbons (Fsp3) is 0.400. The van der Waals surface area contributed by atoms with E-state index in [0.29, 0.717) is 11.6 Å². The molecule has 0 spiro atoms. The SMILES string of the molecule is CCNC(Cc1c(C)nn(C)c1Cl)c1ccc(Cl)c(F)c1. The molecule has 3 nitrogen and oxygen atoms in total. The van der Waals surface area contributed by atoms with E-state index < -0.39 is 5.82 Å². The fourth-order valence-corrected chi connectivity index (χ4v) is 2.76. The maximum atomic E-state index is 13.7. The van der Waals surface area contributed by atoms with Crippen LogP contribution in [0.15, 0.2) is 18.2 Å². The summed E-state index contributed by atoms with van der Waals surface area (Å²) in [6, 6.07) is 4.84. The van der Waals surface area contributed by atoms with Crippen molar-refractivity contribution >= 4 is 23.2 Å². The number of nitrogens with zero attached hydrogens (tertiary/aromatic N) is 2. The summed E-state index contributed by atoms with van der Waals surface area (Å²) >= 11 is 12.0. The van der Waals surface area contributed by atoms with E-state index in [2.05, 4.69) is 10.4 Å². The molecule has 2 aromatic rings. The molecular formula is C15H18Cl2FN3. The molecule has 114 valence electrons. The first-order valence-electron chi connectivity index (χ1n) is 6.80. The van der Waals surface area contributed by atoms with Crippen LogP contribution in [0.5, 0.6) is 0 Å². The van der Waals surface area contributed by atoms with Gasteiger partial charge >= 0.3 is 0 Å². The second kappa shape index (κ2) is 6.77. The van der Waals surface area contributed by atoms with Gasteiger partial charge in [0.05, 0.1) is 10.7 Å². The van der Waals surface area contributed by atoms with Crippen molar-refractivity contribution in [3.63, 3.8) is 0 Å². The zero-order chi connectivity index (χ0) is 15.6. The number of likely N-dealkylation sites (N-methyl/N-ethyl adjacent to an activating group) is 1. The van der Waals surface area contributed by atoms with Crippen LogP contribution in [-0.4, -0.2) is 16.3 Å². The molecule has 1 atom stereocenters. The van der Waals surface area contributed by atoms with E-state index in [4.69, 9.17) is 23.2 Å². The van der Waals surface area contributed by atoms with E-state index in [1.165, 1.54) is 6.07 Å². The maximum absolute atomic E-state index is 13.7. The lowest BCUT2D eigenvalue weighted by molar-refractivity contribution is 0.542. The molecule has 1 aromatic carbocycles. The number of hydrogen-bond donors (Lipinski definition) is 1. The summed E-state index contributed by atoms with van der Waals surface area (Å²) in [6.45, 7) is 4.70. The lowest BCUT2D eigenvalue weighted by atomic mass is 9.99. The normalized spacial score (nSPS) is 12.7. The highest BCUT2D eigenvalue weighted by Crippen LogP contribution is 2.27. The van der Waals surface area contributed by atoms with Gasteiger partial charge in [0, 0.05) is 18.7 Å². The van der Waals surface area contributed by atoms with E-state index in [0.717, 1.165) is 23.4 Å². The van der Waals surface area contributed by atoms with Crippen molar-refractivity contribution in [3.05, 3.63) is 51.0 Å². The Balaban J connectivity index is 2.32. The Morgan fingerprint density at radius 3 is 2.62 bits per heavy atom. The van der Waals surface area contributed by atoms with Crippen molar-refractivity contribution in [1.82, 2.24) is 15.1 Å². The Hall–Kier alpha value is -1.10. The topological polar surface area (TPSA) is 29.9 Å². The molecule has 21 heavy (non-hydrogen) atoms. The van der Waals surface area contributed by atoms with Crippen LogP contribution in [0.1, 0.15) is 29.8 Å². The lowest BCUT2D eigenvalue weighted by Gasteiger charge is -2.19. The van der Waals surface area contributed by atoms with Gasteiger partial charge in [0.2, 0.25) is 0 Å². The molecule has 1 aromatic heterocycles. The van der Waals surface area contributed by atoms with Gasteiger partial charge in [-0.15, -0.1) is 0 Å². The summed E-state index contributed by atoms with van der Waals surface area (Å²) in [5, 5.41) is 8.41. The monoisotopic (exact) mass is 329 g/mol. The number of benzene rings is 1. The molecule has 0 saturated carbocycles. The zero-order valence-corrected chi connectivity index (χ0v) is 13.8. The zero-order valence-electron chi connectivity index (χ0n) is 12.3. The minimum absolute atomic E-state index is 0.0397. The predicted octanol–water partition coefficient (Wildman–Crippen LogP) is 4.07. The number of halogens is 3. The van der Waals surface area contributed by atoms with E-state index in [1.807, 2.05) is 27.0 Å². The Morgan fingerprint density at radius 2 is 2.10 bits per heavy atom. The average Bonchev–Trinajstić information content (AvgIpc) is 2.68. The highest BCUT2D eigenvalue weighted by Gasteiger charge is 2.19. The molecule has 1 N–H and O–H groups in total. The highest BCUT2D eigenvalue weighted by molar-refractivity contribution is 6.30. The number of hydrogen-bond acceptors (Lipinski definition) is 2. The number of nitrogens with one attached hydrogen (secondary N) is 1. The second-order valence-electron chi connectivity index (χ2n) is 4.97. The first-order chi connectivity index (χ1) is 9.93. The van der Waals surface area contributed by atoms with Crippen molar-refractivity contribution in [2.24, 2.45) is 7.05 Å². The summed E-state index contributed by atoms with van der Waals surface area (Å²) < 4.78 is 15.3. The van der Waals surface area contributed by atoms with Gasteiger partial charge in [-0.1, -0.05) is 36.2 Å². The molecule has 0 amide bonds. The minimum atomic E-state index is -0.411. The molecule has 0 aliphatic rings. The molecule has 0 aliphatic carbocycles. The van der Waals surface area contributed by atoms with E-state index in [1.54, 1.807) is 10.7 Å². The van der Waals surface area contributed by atoms with Crippen molar-refractivity contribution < 1.29 is 4.39 Å². The average molecular weight is 330 g/mol. The molecule has 2 rings (SSSR count). The van der Waals surface area contributed by atoms with Gasteiger partial charge in [0.1, 0.15) is 11.0 Å². The van der Waals surface area contributed by atoms with Gasteiger partial charge < -0.3 is 5.32 Å². The molecule has 0 bridgehead atoms. The number of aryl methyl sites for hydroxylation is 2. The predicted molar refractivity (Wildman–Crippen MR) is 84.5 cm³/mol. The second-order valence-corrected chi connectivity index (χ2v) is 5.73. The van der Waals surface area contributed by atoms with Gasteiger partial charge in [-0.3, -0.25) is 4.68 Å². The molecule has 1 heterocycles. The van der Waals surface area contributed by atoms with E-state index >= 15 is 0 Å². The summed E-state index contributed by atoms with van der Waals surface area (Å²) in [5.74, 6) is -0.411. The molecule has 1 unspecified atom stereocenters. The molecular weight excluding hydrogens is 312 g/mol. The first kappa shape index (κ1) is 16.3. The summed E-state index contributed by atoms with van der Waals surface area (Å²) in [4.78, 5) is 0. The molecule has 0 fully saturated rings. The van der Waals surface area contributed by atoms with Gasteiger partial charge in [-0.25, -0.2) is 4.39 Å². The van der Waals surface area contributed by atoms with Crippen LogP contribution in [0, 0.1) is 12.7 Å². The van der Waals surface area contributed by atoms with Crippen molar-refractivity contribution in [2.75, 3.05) is 6.54 Å². The van der Waals surface area contributed by atoms with Gasteiger partial charge in [0.25, 0.3) is 0 Å². The molecule has 6 heteroatoms. The Labute approximate surface area is 134 Å². The Bertz CT molecular complexity index is 640. The van der Waals surface area contributed by atoms with Gasteiger partial charge in [0.15, 0.2) is 0 Å². The third-order valence-electron chi connectivity index (χ3n) is 3.47. The Morgan fingerprint density at radius 1 is 1.38 bits per heavy atom. The van der Waals surface area contributed by atoms with Gasteiger partial charge in [-0.2, -0.15) is 5.10 Å². The lowest BCUT2D eigenvalue weighted by Crippen LogP contribution is -2.23. The van der Waals surface area contributed by atoms with Crippen LogP contribution in [0.2, 0.25) is 10.2 Å². The van der Waals surface area contributed by atoms with Crippen LogP contribution in [0.25, 0.3) is 0 Å². The first-order valence-corrected chi connectivity index (χ1v) is 7.56. The third kappa shape index (κ3) is 3.57. The van der Waals surface area contributed by atoms with Crippen LogP contribution >= 0.6 is 23.2 Å². The third-order valence-corrected chi connectivity index (χ3v) is 4.25. The summed E-state index contributed by atoms with van der Waals surface area (Å²) in [7, 11) is 1.81. The fourth-order valence-electron chi connectivity index (χ4n) is 2.39. The number of rotatable bonds is 5. The van der Waals surface area contributed by atoms with Crippen LogP contribution in [-0.2, 0) is 13.5 Å². The van der Waals surface area contributed by atoms with Crippen molar-refractivity contribution in [1.29, 1.82) is 0 Å². The van der Waals surface area contributed by atoms with Gasteiger partial charge in [-0.05, 0) is 37.6 Å².